The Labute approximate surface area is 126 Å². The molecule has 10 nitrogen and oxygen atoms in total. The number of hydrogen-bond acceptors (Lipinski definition) is 10. The van der Waals surface area contributed by atoms with Gasteiger partial charge in [0, 0.05) is 0 Å². The fourth-order valence-electron chi connectivity index (χ4n) is 2.11. The molecule has 8 N–H and O–H groups in total. The van der Waals surface area contributed by atoms with Gasteiger partial charge in [-0.25, -0.2) is 0 Å². The maximum absolute atomic E-state index is 9.82. The van der Waals surface area contributed by atoms with E-state index >= 15 is 0 Å². The van der Waals surface area contributed by atoms with E-state index < -0.39 is 68.3 Å². The third-order valence-electron chi connectivity index (χ3n) is 3.54. The monoisotopic (exact) mass is 328 g/mol. The van der Waals surface area contributed by atoms with Crippen molar-refractivity contribution in [2.75, 3.05) is 13.2 Å². The summed E-state index contributed by atoms with van der Waals surface area (Å²) < 4.78 is 10.2. The summed E-state index contributed by atoms with van der Waals surface area (Å²) in [6.45, 7) is -0.249. The van der Waals surface area contributed by atoms with E-state index in [-0.39, 0.29) is 0 Å². The third-order valence-corrected chi connectivity index (χ3v) is 3.54. The molecule has 1 saturated heterocycles. The minimum absolute atomic E-state index is 0.670. The molecule has 0 aromatic carbocycles. The maximum Gasteiger partial charge on any atom is 0.187 e. The highest BCUT2D eigenvalue weighted by atomic mass is 16.7. The topological polar surface area (TPSA) is 180 Å². The Balaban J connectivity index is 2.86. The van der Waals surface area contributed by atoms with Gasteiger partial charge in [0.05, 0.1) is 19.3 Å². The van der Waals surface area contributed by atoms with Crippen LogP contribution in [0.4, 0.5) is 0 Å². The molecule has 0 bridgehead atoms. The smallest absolute Gasteiger partial charge is 0.187 e. The predicted octanol–water partition coefficient (Wildman–Crippen LogP) is -4.73. The maximum atomic E-state index is 9.82. The van der Waals surface area contributed by atoms with Gasteiger partial charge in [0.25, 0.3) is 0 Å². The van der Waals surface area contributed by atoms with Crippen molar-refractivity contribution in [3.63, 3.8) is 0 Å². The molecule has 22 heavy (non-hydrogen) atoms. The zero-order valence-electron chi connectivity index (χ0n) is 12.0. The van der Waals surface area contributed by atoms with Gasteiger partial charge in [0.2, 0.25) is 0 Å². The minimum atomic E-state index is -1.73. The summed E-state index contributed by atoms with van der Waals surface area (Å²) in [7, 11) is 0. The van der Waals surface area contributed by atoms with E-state index in [4.69, 9.17) is 19.7 Å². The lowest BCUT2D eigenvalue weighted by Gasteiger charge is -2.42. The first-order valence-electron chi connectivity index (χ1n) is 6.85. The van der Waals surface area contributed by atoms with Gasteiger partial charge in [-0.1, -0.05) is 0 Å². The van der Waals surface area contributed by atoms with Crippen LogP contribution >= 0.6 is 0 Å². The SMILES string of the molecule is CC(O)[C@H](O)[C@H](O[C@H]1OC(CO)[C@@H](O)C(O)[C@H]1O)C(O)CO. The zero-order chi connectivity index (χ0) is 17.0. The van der Waals surface area contributed by atoms with E-state index in [2.05, 4.69) is 0 Å². The first-order chi connectivity index (χ1) is 10.2. The Bertz CT molecular complexity index is 325. The van der Waals surface area contributed by atoms with Crippen LogP contribution in [-0.2, 0) is 9.47 Å². The van der Waals surface area contributed by atoms with Gasteiger partial charge in [-0.2, -0.15) is 0 Å². The van der Waals surface area contributed by atoms with Crippen LogP contribution in [-0.4, -0.2) is 109 Å². The van der Waals surface area contributed by atoms with Crippen molar-refractivity contribution >= 4 is 0 Å². The van der Waals surface area contributed by atoms with E-state index in [1.165, 1.54) is 6.92 Å². The zero-order valence-corrected chi connectivity index (χ0v) is 12.0. The third kappa shape index (κ3) is 4.32. The molecule has 0 spiro atoms. The van der Waals surface area contributed by atoms with Gasteiger partial charge in [-0.15, -0.1) is 0 Å². The lowest BCUT2D eigenvalue weighted by molar-refractivity contribution is -0.326. The second-order valence-corrected chi connectivity index (χ2v) is 5.28. The van der Waals surface area contributed by atoms with Crippen LogP contribution in [0, 0.1) is 0 Å². The number of ether oxygens (including phenoxy) is 2. The van der Waals surface area contributed by atoms with Crippen molar-refractivity contribution in [3.05, 3.63) is 0 Å². The van der Waals surface area contributed by atoms with E-state index in [1.54, 1.807) is 0 Å². The molecule has 132 valence electrons. The number of rotatable bonds is 7. The normalized spacial score (nSPS) is 38.3. The standard InChI is InChI=1S/C12H24O10/c1-4(15)7(17)11(5(16)2-13)22-12-10(20)9(19)8(18)6(3-14)21-12/h4-20H,2-3H2,1H3/t4?,5?,6?,7-,8+,9?,10+,11+,12+/m0/s1. The molecule has 0 saturated carbocycles. The van der Waals surface area contributed by atoms with Crippen molar-refractivity contribution in [3.8, 4) is 0 Å². The average molecular weight is 328 g/mol. The van der Waals surface area contributed by atoms with Crippen LogP contribution in [0.25, 0.3) is 0 Å². The number of hydrogen-bond donors (Lipinski definition) is 8. The Morgan fingerprint density at radius 3 is 2.05 bits per heavy atom. The highest BCUT2D eigenvalue weighted by Gasteiger charge is 2.46. The summed E-state index contributed by atoms with van der Waals surface area (Å²) in [6, 6.07) is 0. The number of aliphatic hydroxyl groups is 8. The summed E-state index contributed by atoms with van der Waals surface area (Å²) in [5.41, 5.74) is 0. The molecule has 1 heterocycles. The first kappa shape index (κ1) is 19.6. The Morgan fingerprint density at radius 2 is 1.59 bits per heavy atom. The summed E-state index contributed by atoms with van der Waals surface area (Å²) in [5.74, 6) is 0. The molecule has 1 rings (SSSR count). The quantitative estimate of drug-likeness (QED) is 0.226. The number of aliphatic hydroxyl groups excluding tert-OH is 8. The molecule has 0 aliphatic carbocycles. The van der Waals surface area contributed by atoms with Crippen molar-refractivity contribution < 1.29 is 50.3 Å². The fraction of sp³-hybridized carbons (Fsp3) is 1.00. The Kier molecular flexibility index (Phi) is 7.55. The van der Waals surface area contributed by atoms with Crippen molar-refractivity contribution in [1.29, 1.82) is 0 Å². The summed E-state index contributed by atoms with van der Waals surface area (Å²) in [5, 5.41) is 75.9. The van der Waals surface area contributed by atoms with E-state index in [0.717, 1.165) is 0 Å². The van der Waals surface area contributed by atoms with Crippen LogP contribution in [0.5, 0.6) is 0 Å². The second-order valence-electron chi connectivity index (χ2n) is 5.28. The van der Waals surface area contributed by atoms with Crippen LogP contribution in [0.1, 0.15) is 6.92 Å². The van der Waals surface area contributed by atoms with Gasteiger partial charge < -0.3 is 50.3 Å². The molecule has 4 unspecified atom stereocenters. The summed E-state index contributed by atoms with van der Waals surface area (Å²) >= 11 is 0. The van der Waals surface area contributed by atoms with Crippen LogP contribution in [0.15, 0.2) is 0 Å². The Morgan fingerprint density at radius 1 is 1.00 bits per heavy atom. The molecular weight excluding hydrogens is 304 g/mol. The summed E-state index contributed by atoms with van der Waals surface area (Å²) in [6.07, 6.45) is -13.9. The van der Waals surface area contributed by atoms with E-state index in [1.807, 2.05) is 0 Å². The molecule has 9 atom stereocenters. The van der Waals surface area contributed by atoms with Crippen molar-refractivity contribution in [1.82, 2.24) is 0 Å². The molecule has 10 heteroatoms. The van der Waals surface area contributed by atoms with E-state index in [9.17, 15) is 30.6 Å². The first-order valence-corrected chi connectivity index (χ1v) is 6.85. The molecule has 1 aliphatic rings. The van der Waals surface area contributed by atoms with Gasteiger partial charge in [-0.05, 0) is 6.92 Å². The molecule has 1 fully saturated rings. The average Bonchev–Trinajstić information content (AvgIpc) is 2.50. The van der Waals surface area contributed by atoms with E-state index in [0.29, 0.717) is 0 Å². The van der Waals surface area contributed by atoms with Crippen molar-refractivity contribution in [2.45, 2.75) is 62.0 Å². The van der Waals surface area contributed by atoms with Crippen molar-refractivity contribution in [2.24, 2.45) is 0 Å². The highest BCUT2D eigenvalue weighted by Crippen LogP contribution is 2.24. The van der Waals surface area contributed by atoms with Gasteiger partial charge >= 0.3 is 0 Å². The fourth-order valence-corrected chi connectivity index (χ4v) is 2.11. The molecule has 0 amide bonds. The minimum Gasteiger partial charge on any atom is -0.394 e. The molecular formula is C12H24O10. The Hall–Kier alpha value is -0.400. The van der Waals surface area contributed by atoms with Gasteiger partial charge in [-0.3, -0.25) is 0 Å². The predicted molar refractivity (Wildman–Crippen MR) is 69.4 cm³/mol. The van der Waals surface area contributed by atoms with Crippen LogP contribution in [0.2, 0.25) is 0 Å². The lowest BCUT2D eigenvalue weighted by atomic mass is 9.98. The molecule has 0 aromatic rings. The molecule has 0 radical (unpaired) electrons. The van der Waals surface area contributed by atoms with Gasteiger partial charge in [0.15, 0.2) is 6.29 Å². The molecule has 0 aromatic heterocycles. The summed E-state index contributed by atoms with van der Waals surface area (Å²) in [4.78, 5) is 0. The lowest BCUT2D eigenvalue weighted by Crippen LogP contribution is -2.61. The van der Waals surface area contributed by atoms with Crippen LogP contribution < -0.4 is 0 Å². The van der Waals surface area contributed by atoms with Gasteiger partial charge in [0.1, 0.15) is 42.7 Å². The second kappa shape index (κ2) is 8.45. The van der Waals surface area contributed by atoms with Crippen LogP contribution in [0.3, 0.4) is 0 Å². The molecule has 1 aliphatic heterocycles. The largest absolute Gasteiger partial charge is 0.394 e. The highest BCUT2D eigenvalue weighted by molar-refractivity contribution is 4.90.